The maximum atomic E-state index is 13.1. The monoisotopic (exact) mass is 297 g/mol. The molecule has 116 valence electrons. The number of halogens is 3. The van der Waals surface area contributed by atoms with E-state index in [1.54, 1.807) is 19.1 Å². The fourth-order valence-corrected chi connectivity index (χ4v) is 2.73. The van der Waals surface area contributed by atoms with Crippen LogP contribution in [0.15, 0.2) is 29.8 Å². The molecule has 0 radical (unpaired) electrons. The van der Waals surface area contributed by atoms with Gasteiger partial charge in [0.1, 0.15) is 0 Å². The lowest BCUT2D eigenvalue weighted by atomic mass is 9.96. The van der Waals surface area contributed by atoms with E-state index in [9.17, 15) is 13.2 Å². The minimum Gasteiger partial charge on any atom is -0.306 e. The average molecular weight is 297 g/mol. The predicted octanol–water partition coefficient (Wildman–Crippen LogP) is 4.60. The van der Waals surface area contributed by atoms with Gasteiger partial charge in [-0.1, -0.05) is 29.3 Å². The molecule has 2 rings (SSSR count). The van der Waals surface area contributed by atoms with E-state index >= 15 is 0 Å². The lowest BCUT2D eigenvalue weighted by Gasteiger charge is -2.15. The summed E-state index contributed by atoms with van der Waals surface area (Å²) in [6, 6.07) is 4.64. The third-order valence-electron chi connectivity index (χ3n) is 4.04. The van der Waals surface area contributed by atoms with Crippen LogP contribution in [0, 0.1) is 6.92 Å². The Balaban J connectivity index is 2.08. The molecule has 0 bridgehead atoms. The first-order valence-corrected chi connectivity index (χ1v) is 7.39. The molecule has 1 aliphatic heterocycles. The molecule has 0 aromatic heterocycles. The average Bonchev–Trinajstić information content (AvgIpc) is 2.61. The zero-order valence-corrected chi connectivity index (χ0v) is 12.6. The van der Waals surface area contributed by atoms with Crippen molar-refractivity contribution in [2.75, 3.05) is 20.1 Å². The van der Waals surface area contributed by atoms with Crippen molar-refractivity contribution in [3.05, 3.63) is 46.5 Å². The molecular weight excluding hydrogens is 275 g/mol. The van der Waals surface area contributed by atoms with Gasteiger partial charge in [-0.3, -0.25) is 0 Å². The molecule has 0 fully saturated rings. The standard InChI is InChI=1S/C17H22F3N/c1-13-5-7-15(16(12-13)17(18,19)20)8-6-14-4-3-10-21(2)11-9-14/h4-5,7,12H,3,6,8-11H2,1-2H3. The van der Waals surface area contributed by atoms with Crippen molar-refractivity contribution in [1.29, 1.82) is 0 Å². The van der Waals surface area contributed by atoms with Gasteiger partial charge in [0.25, 0.3) is 0 Å². The zero-order chi connectivity index (χ0) is 15.5. The maximum absolute atomic E-state index is 13.1. The largest absolute Gasteiger partial charge is 0.416 e. The Hall–Kier alpha value is -1.29. The highest BCUT2D eigenvalue weighted by Crippen LogP contribution is 2.33. The molecule has 1 aromatic carbocycles. The minimum atomic E-state index is -4.26. The number of aryl methyl sites for hydroxylation is 2. The second-order valence-electron chi connectivity index (χ2n) is 5.86. The highest BCUT2D eigenvalue weighted by molar-refractivity contribution is 5.34. The molecule has 0 amide bonds. The van der Waals surface area contributed by atoms with Crippen molar-refractivity contribution in [2.24, 2.45) is 0 Å². The number of alkyl halides is 3. The van der Waals surface area contributed by atoms with Gasteiger partial charge in [0.2, 0.25) is 0 Å². The van der Waals surface area contributed by atoms with Crippen LogP contribution in [-0.4, -0.2) is 25.0 Å². The summed E-state index contributed by atoms with van der Waals surface area (Å²) >= 11 is 0. The van der Waals surface area contributed by atoms with Gasteiger partial charge in [-0.2, -0.15) is 13.2 Å². The molecule has 0 spiro atoms. The molecule has 0 N–H and O–H groups in total. The van der Waals surface area contributed by atoms with Crippen molar-refractivity contribution < 1.29 is 13.2 Å². The fraction of sp³-hybridized carbons (Fsp3) is 0.529. The van der Waals surface area contributed by atoms with Crippen LogP contribution in [0.3, 0.4) is 0 Å². The molecule has 4 heteroatoms. The number of hydrogen-bond acceptors (Lipinski definition) is 1. The Morgan fingerprint density at radius 3 is 2.62 bits per heavy atom. The molecule has 21 heavy (non-hydrogen) atoms. The van der Waals surface area contributed by atoms with Gasteiger partial charge in [0, 0.05) is 13.1 Å². The molecule has 0 saturated heterocycles. The quantitative estimate of drug-likeness (QED) is 0.737. The van der Waals surface area contributed by atoms with E-state index in [1.165, 1.54) is 11.6 Å². The van der Waals surface area contributed by atoms with Gasteiger partial charge >= 0.3 is 6.18 Å². The van der Waals surface area contributed by atoms with Crippen LogP contribution in [0.5, 0.6) is 0 Å². The first-order chi connectivity index (χ1) is 9.86. The van der Waals surface area contributed by atoms with Crippen LogP contribution in [0.1, 0.15) is 36.0 Å². The topological polar surface area (TPSA) is 3.24 Å². The van der Waals surface area contributed by atoms with Gasteiger partial charge in [-0.05, 0) is 51.3 Å². The van der Waals surface area contributed by atoms with E-state index < -0.39 is 11.7 Å². The van der Waals surface area contributed by atoms with Gasteiger partial charge in [0.05, 0.1) is 5.56 Å². The molecule has 0 atom stereocenters. The second kappa shape index (κ2) is 6.65. The second-order valence-corrected chi connectivity index (χ2v) is 5.86. The Morgan fingerprint density at radius 1 is 1.14 bits per heavy atom. The molecule has 1 aliphatic rings. The summed E-state index contributed by atoms with van der Waals surface area (Å²) < 4.78 is 39.3. The van der Waals surface area contributed by atoms with Gasteiger partial charge in [-0.25, -0.2) is 0 Å². The lowest BCUT2D eigenvalue weighted by Crippen LogP contribution is -2.18. The van der Waals surface area contributed by atoms with E-state index in [-0.39, 0.29) is 0 Å². The van der Waals surface area contributed by atoms with Crippen LogP contribution < -0.4 is 0 Å². The normalized spacial score (nSPS) is 17.5. The van der Waals surface area contributed by atoms with E-state index in [1.807, 2.05) is 0 Å². The van der Waals surface area contributed by atoms with E-state index in [2.05, 4.69) is 18.0 Å². The summed E-state index contributed by atoms with van der Waals surface area (Å²) in [7, 11) is 2.08. The molecule has 1 aromatic rings. The van der Waals surface area contributed by atoms with Crippen LogP contribution in [0.2, 0.25) is 0 Å². The highest BCUT2D eigenvalue weighted by Gasteiger charge is 2.33. The molecular formula is C17H22F3N. The Morgan fingerprint density at radius 2 is 1.90 bits per heavy atom. The summed E-state index contributed by atoms with van der Waals surface area (Å²) in [5.74, 6) is 0. The summed E-state index contributed by atoms with van der Waals surface area (Å²) in [6.45, 7) is 3.72. The summed E-state index contributed by atoms with van der Waals surface area (Å²) in [6.07, 6.45) is 1.07. The van der Waals surface area contributed by atoms with Crippen molar-refractivity contribution in [3.63, 3.8) is 0 Å². The summed E-state index contributed by atoms with van der Waals surface area (Å²) in [5, 5.41) is 0. The SMILES string of the molecule is Cc1ccc(CCC2=CCCN(C)CC2)c(C(F)(F)F)c1. The summed E-state index contributed by atoms with van der Waals surface area (Å²) in [4.78, 5) is 2.26. The minimum absolute atomic E-state index is 0.409. The van der Waals surface area contributed by atoms with Gasteiger partial charge < -0.3 is 4.90 Å². The third kappa shape index (κ3) is 4.60. The molecule has 1 nitrogen and oxygen atoms in total. The number of nitrogens with zero attached hydrogens (tertiary/aromatic N) is 1. The Bertz CT molecular complexity index is 517. The lowest BCUT2D eigenvalue weighted by molar-refractivity contribution is -0.138. The molecule has 0 saturated carbocycles. The van der Waals surface area contributed by atoms with E-state index in [0.717, 1.165) is 32.4 Å². The molecule has 0 aliphatic carbocycles. The first kappa shape index (κ1) is 16.1. The van der Waals surface area contributed by atoms with Crippen LogP contribution >= 0.6 is 0 Å². The zero-order valence-electron chi connectivity index (χ0n) is 12.6. The highest BCUT2D eigenvalue weighted by atomic mass is 19.4. The van der Waals surface area contributed by atoms with E-state index in [0.29, 0.717) is 17.5 Å². The third-order valence-corrected chi connectivity index (χ3v) is 4.04. The van der Waals surface area contributed by atoms with Crippen molar-refractivity contribution in [2.45, 2.75) is 38.8 Å². The Kier molecular flexibility index (Phi) is 5.09. The number of benzene rings is 1. The van der Waals surface area contributed by atoms with Crippen LogP contribution in [0.4, 0.5) is 13.2 Å². The smallest absolute Gasteiger partial charge is 0.306 e. The van der Waals surface area contributed by atoms with Crippen molar-refractivity contribution in [1.82, 2.24) is 4.90 Å². The van der Waals surface area contributed by atoms with Crippen LogP contribution in [0.25, 0.3) is 0 Å². The van der Waals surface area contributed by atoms with Crippen molar-refractivity contribution >= 4 is 0 Å². The van der Waals surface area contributed by atoms with Gasteiger partial charge in [0.15, 0.2) is 0 Å². The summed E-state index contributed by atoms with van der Waals surface area (Å²) in [5.41, 5.74) is 1.87. The Labute approximate surface area is 124 Å². The van der Waals surface area contributed by atoms with E-state index in [4.69, 9.17) is 0 Å². The van der Waals surface area contributed by atoms with Crippen LogP contribution in [-0.2, 0) is 12.6 Å². The number of hydrogen-bond donors (Lipinski definition) is 0. The maximum Gasteiger partial charge on any atom is 0.416 e. The molecule has 1 heterocycles. The molecule has 0 unspecified atom stereocenters. The predicted molar refractivity (Wildman–Crippen MR) is 79.3 cm³/mol. The number of rotatable bonds is 3. The fourth-order valence-electron chi connectivity index (χ4n) is 2.73. The first-order valence-electron chi connectivity index (χ1n) is 7.39. The van der Waals surface area contributed by atoms with Crippen molar-refractivity contribution in [3.8, 4) is 0 Å². The van der Waals surface area contributed by atoms with Gasteiger partial charge in [-0.15, -0.1) is 0 Å².